The highest BCUT2D eigenvalue weighted by molar-refractivity contribution is 7.17. The Kier molecular flexibility index (Phi) is 4.19. The predicted molar refractivity (Wildman–Crippen MR) is 70.4 cm³/mol. The van der Waals surface area contributed by atoms with Crippen molar-refractivity contribution in [3.05, 3.63) is 10.6 Å². The zero-order valence-electron chi connectivity index (χ0n) is 10.7. The van der Waals surface area contributed by atoms with Crippen LogP contribution in [0, 0.1) is 5.92 Å². The summed E-state index contributed by atoms with van der Waals surface area (Å²) in [6, 6.07) is 0. The van der Waals surface area contributed by atoms with E-state index >= 15 is 0 Å². The molecule has 1 aromatic heterocycles. The van der Waals surface area contributed by atoms with E-state index in [-0.39, 0.29) is 11.5 Å². The summed E-state index contributed by atoms with van der Waals surface area (Å²) in [6.07, 6.45) is 3.85. The Morgan fingerprint density at radius 3 is 2.83 bits per heavy atom. The van der Waals surface area contributed by atoms with Crippen molar-refractivity contribution >= 4 is 22.4 Å². The third-order valence-corrected chi connectivity index (χ3v) is 4.44. The maximum atomic E-state index is 11.1. The Morgan fingerprint density at radius 2 is 2.33 bits per heavy atom. The number of hydrogen-bond donors (Lipinski definition) is 1. The Labute approximate surface area is 110 Å². The van der Waals surface area contributed by atoms with Crippen molar-refractivity contribution in [3.63, 3.8) is 0 Å². The van der Waals surface area contributed by atoms with Gasteiger partial charge in [-0.05, 0) is 18.8 Å². The molecular weight excluding hydrogens is 252 g/mol. The van der Waals surface area contributed by atoms with Crippen LogP contribution in [0.25, 0.3) is 0 Å². The summed E-state index contributed by atoms with van der Waals surface area (Å²) in [5.41, 5.74) is 0.519. The fourth-order valence-corrected chi connectivity index (χ4v) is 2.92. The van der Waals surface area contributed by atoms with Crippen LogP contribution < -0.4 is 4.90 Å². The van der Waals surface area contributed by atoms with Gasteiger partial charge in [-0.15, -0.1) is 0 Å². The zero-order chi connectivity index (χ0) is 13.1. The zero-order valence-corrected chi connectivity index (χ0v) is 11.5. The van der Waals surface area contributed by atoms with Crippen molar-refractivity contribution in [2.24, 2.45) is 5.92 Å². The van der Waals surface area contributed by atoms with Crippen LogP contribution in [0.5, 0.6) is 0 Å². The van der Waals surface area contributed by atoms with Crippen molar-refractivity contribution in [2.45, 2.75) is 25.9 Å². The number of nitrogens with zero attached hydrogens (tertiary/aromatic N) is 2. The molecule has 0 aromatic carbocycles. The maximum absolute atomic E-state index is 11.1. The molecule has 0 saturated heterocycles. The molecule has 5 nitrogen and oxygen atoms in total. The SMILES string of the molecule is COCc1nc(N(C)CC2CCC2)sc1C(=O)O. The molecule has 1 heterocycles. The average Bonchev–Trinajstić information content (AvgIpc) is 2.68. The van der Waals surface area contributed by atoms with Crippen LogP contribution in [-0.4, -0.2) is 36.8 Å². The minimum absolute atomic E-state index is 0.245. The minimum Gasteiger partial charge on any atom is -0.477 e. The summed E-state index contributed by atoms with van der Waals surface area (Å²) in [6.45, 7) is 1.20. The summed E-state index contributed by atoms with van der Waals surface area (Å²) >= 11 is 1.23. The lowest BCUT2D eigenvalue weighted by atomic mass is 9.85. The molecule has 1 aliphatic carbocycles. The van der Waals surface area contributed by atoms with E-state index < -0.39 is 5.97 Å². The third-order valence-electron chi connectivity index (χ3n) is 3.24. The summed E-state index contributed by atoms with van der Waals surface area (Å²) < 4.78 is 4.99. The number of hydrogen-bond acceptors (Lipinski definition) is 5. The second-order valence-electron chi connectivity index (χ2n) is 4.69. The van der Waals surface area contributed by atoms with Gasteiger partial charge in [0.05, 0.1) is 12.3 Å². The van der Waals surface area contributed by atoms with E-state index in [0.717, 1.165) is 17.6 Å². The number of carboxylic acid groups (broad SMARTS) is 1. The number of methoxy groups -OCH3 is 1. The average molecular weight is 270 g/mol. The van der Waals surface area contributed by atoms with Crippen LogP contribution in [-0.2, 0) is 11.3 Å². The van der Waals surface area contributed by atoms with E-state index in [1.807, 2.05) is 7.05 Å². The Morgan fingerprint density at radius 1 is 1.61 bits per heavy atom. The van der Waals surface area contributed by atoms with E-state index in [2.05, 4.69) is 9.88 Å². The highest BCUT2D eigenvalue weighted by Gasteiger charge is 2.23. The number of ether oxygens (including phenoxy) is 1. The highest BCUT2D eigenvalue weighted by Crippen LogP contribution is 2.31. The number of rotatable bonds is 6. The first-order valence-electron chi connectivity index (χ1n) is 6.05. The first kappa shape index (κ1) is 13.3. The standard InChI is InChI=1S/C12H18N2O3S/c1-14(6-8-4-3-5-8)12-13-9(7-17-2)10(18-12)11(15)16/h8H,3-7H2,1-2H3,(H,15,16). The van der Waals surface area contributed by atoms with Gasteiger partial charge in [0.15, 0.2) is 5.13 Å². The Balaban J connectivity index is 2.11. The van der Waals surface area contributed by atoms with E-state index in [0.29, 0.717) is 5.69 Å². The monoisotopic (exact) mass is 270 g/mol. The van der Waals surface area contributed by atoms with Gasteiger partial charge in [-0.3, -0.25) is 0 Å². The maximum Gasteiger partial charge on any atom is 0.347 e. The first-order valence-corrected chi connectivity index (χ1v) is 6.86. The molecule has 1 N–H and O–H groups in total. The normalized spacial score (nSPS) is 15.4. The Bertz CT molecular complexity index is 429. The second-order valence-corrected chi connectivity index (χ2v) is 5.67. The summed E-state index contributed by atoms with van der Waals surface area (Å²) in [4.78, 5) is 17.8. The van der Waals surface area contributed by atoms with Gasteiger partial charge >= 0.3 is 5.97 Å². The first-order chi connectivity index (χ1) is 8.61. The molecule has 0 radical (unpaired) electrons. The summed E-state index contributed by atoms with van der Waals surface area (Å²) in [5, 5.41) is 9.89. The number of carbonyl (C=O) groups is 1. The van der Waals surface area contributed by atoms with E-state index in [4.69, 9.17) is 9.84 Å². The van der Waals surface area contributed by atoms with Gasteiger partial charge in [0.1, 0.15) is 4.88 Å². The van der Waals surface area contributed by atoms with Gasteiger partial charge in [0, 0.05) is 20.7 Å². The number of aromatic carboxylic acids is 1. The molecule has 0 bridgehead atoms. The van der Waals surface area contributed by atoms with Crippen LogP contribution in [0.2, 0.25) is 0 Å². The number of anilines is 1. The molecule has 0 unspecified atom stereocenters. The van der Waals surface area contributed by atoms with Crippen LogP contribution in [0.1, 0.15) is 34.6 Å². The van der Waals surface area contributed by atoms with Gasteiger partial charge in [-0.25, -0.2) is 9.78 Å². The largest absolute Gasteiger partial charge is 0.477 e. The Hall–Kier alpha value is -1.14. The minimum atomic E-state index is -0.928. The number of carboxylic acids is 1. The molecule has 0 amide bonds. The fraction of sp³-hybridized carbons (Fsp3) is 0.667. The van der Waals surface area contributed by atoms with Gasteiger partial charge in [0.25, 0.3) is 0 Å². The molecule has 0 spiro atoms. The van der Waals surface area contributed by atoms with E-state index in [9.17, 15) is 4.79 Å². The summed E-state index contributed by atoms with van der Waals surface area (Å²) in [7, 11) is 3.52. The van der Waals surface area contributed by atoms with Crippen molar-refractivity contribution < 1.29 is 14.6 Å². The molecule has 1 aromatic rings. The molecule has 6 heteroatoms. The fourth-order valence-electron chi connectivity index (χ4n) is 2.04. The van der Waals surface area contributed by atoms with Gasteiger partial charge < -0.3 is 14.7 Å². The van der Waals surface area contributed by atoms with Crippen molar-refractivity contribution in [2.75, 3.05) is 25.6 Å². The molecule has 0 aliphatic heterocycles. The van der Waals surface area contributed by atoms with Crippen LogP contribution >= 0.6 is 11.3 Å². The van der Waals surface area contributed by atoms with Crippen molar-refractivity contribution in [3.8, 4) is 0 Å². The number of aromatic nitrogens is 1. The second kappa shape index (κ2) is 5.67. The van der Waals surface area contributed by atoms with Crippen LogP contribution in [0.4, 0.5) is 5.13 Å². The molecule has 1 fully saturated rings. The molecule has 2 rings (SSSR count). The third kappa shape index (κ3) is 2.81. The lowest BCUT2D eigenvalue weighted by Gasteiger charge is -2.29. The van der Waals surface area contributed by atoms with Crippen molar-refractivity contribution in [1.82, 2.24) is 4.98 Å². The molecule has 100 valence electrons. The lowest BCUT2D eigenvalue weighted by Crippen LogP contribution is -2.29. The van der Waals surface area contributed by atoms with E-state index in [1.54, 1.807) is 7.11 Å². The van der Waals surface area contributed by atoms with E-state index in [1.165, 1.54) is 30.6 Å². The van der Waals surface area contributed by atoms with Gasteiger partial charge in [-0.1, -0.05) is 17.8 Å². The molecule has 18 heavy (non-hydrogen) atoms. The highest BCUT2D eigenvalue weighted by atomic mass is 32.1. The van der Waals surface area contributed by atoms with Gasteiger partial charge in [0.2, 0.25) is 0 Å². The molecule has 0 atom stereocenters. The van der Waals surface area contributed by atoms with Crippen LogP contribution in [0.3, 0.4) is 0 Å². The van der Waals surface area contributed by atoms with Crippen LogP contribution in [0.15, 0.2) is 0 Å². The lowest BCUT2D eigenvalue weighted by molar-refractivity contribution is 0.0697. The smallest absolute Gasteiger partial charge is 0.347 e. The molecule has 1 aliphatic rings. The van der Waals surface area contributed by atoms with Gasteiger partial charge in [-0.2, -0.15) is 0 Å². The molecule has 1 saturated carbocycles. The number of thiazole rings is 1. The summed E-state index contributed by atoms with van der Waals surface area (Å²) in [5.74, 6) is -0.194. The molecular formula is C12H18N2O3S. The quantitative estimate of drug-likeness (QED) is 0.858. The predicted octanol–water partition coefficient (Wildman–Crippen LogP) is 2.22. The van der Waals surface area contributed by atoms with Crippen molar-refractivity contribution in [1.29, 1.82) is 0 Å². The topological polar surface area (TPSA) is 62.7 Å².